The average Bonchev–Trinajstić information content (AvgIpc) is 3.40. The second-order valence-corrected chi connectivity index (χ2v) is 8.59. The van der Waals surface area contributed by atoms with Crippen LogP contribution in [-0.4, -0.2) is 49.7 Å². The third-order valence-corrected chi connectivity index (χ3v) is 6.38. The summed E-state index contributed by atoms with van der Waals surface area (Å²) in [6.45, 7) is 6.76. The van der Waals surface area contributed by atoms with Gasteiger partial charge in [0.15, 0.2) is 11.5 Å². The van der Waals surface area contributed by atoms with Crippen molar-refractivity contribution in [3.05, 3.63) is 47.7 Å². The van der Waals surface area contributed by atoms with E-state index in [1.807, 2.05) is 6.07 Å². The molecule has 0 atom stereocenters. The van der Waals surface area contributed by atoms with E-state index in [0.717, 1.165) is 55.4 Å². The third-order valence-electron chi connectivity index (χ3n) is 5.85. The fourth-order valence-corrected chi connectivity index (χ4v) is 4.92. The van der Waals surface area contributed by atoms with E-state index in [0.29, 0.717) is 28.5 Å². The van der Waals surface area contributed by atoms with Crippen molar-refractivity contribution in [1.82, 2.24) is 23.4 Å². The average molecular weight is 454 g/mol. The predicted molar refractivity (Wildman–Crippen MR) is 124 cm³/mol. The van der Waals surface area contributed by atoms with Crippen molar-refractivity contribution in [3.63, 3.8) is 0 Å². The number of benzene rings is 1. The molecule has 1 aromatic carbocycles. The zero-order valence-corrected chi connectivity index (χ0v) is 18.7. The number of aryl methyl sites for hydroxylation is 1. The van der Waals surface area contributed by atoms with E-state index in [1.54, 1.807) is 29.8 Å². The molecule has 166 valence electrons. The first-order valence-electron chi connectivity index (χ1n) is 10.7. The van der Waals surface area contributed by atoms with Crippen LogP contribution in [0.5, 0.6) is 0 Å². The van der Waals surface area contributed by atoms with E-state index in [9.17, 15) is 9.18 Å². The number of aromatic nitrogens is 4. The lowest BCUT2D eigenvalue weighted by atomic mass is 10.0. The molecule has 3 aromatic heterocycles. The van der Waals surface area contributed by atoms with Gasteiger partial charge < -0.3 is 19.9 Å². The van der Waals surface area contributed by atoms with Crippen LogP contribution in [-0.2, 0) is 0 Å². The van der Waals surface area contributed by atoms with Crippen LogP contribution in [0.25, 0.3) is 16.7 Å². The zero-order valence-electron chi connectivity index (χ0n) is 17.9. The van der Waals surface area contributed by atoms with Gasteiger partial charge in [-0.05, 0) is 38.4 Å². The number of hydrogen-bond acceptors (Lipinski definition) is 7. The Morgan fingerprint density at radius 3 is 2.78 bits per heavy atom. The van der Waals surface area contributed by atoms with Gasteiger partial charge in [0.05, 0.1) is 34.4 Å². The number of nitrogens with one attached hydrogen (secondary N) is 2. The molecule has 2 N–H and O–H groups in total. The maximum absolute atomic E-state index is 14.4. The molecular weight excluding hydrogens is 429 g/mol. The molecule has 1 aliphatic heterocycles. The lowest BCUT2D eigenvalue weighted by molar-refractivity contribution is 0.102. The summed E-state index contributed by atoms with van der Waals surface area (Å²) in [7, 11) is 0. The topological polar surface area (TPSA) is 87.5 Å². The molecule has 1 aliphatic rings. The Bertz CT molecular complexity index is 1290. The Morgan fingerprint density at radius 2 is 2.00 bits per heavy atom. The smallest absolute Gasteiger partial charge is 0.258 e. The molecule has 8 nitrogen and oxygen atoms in total. The number of anilines is 2. The minimum atomic E-state index is -0.493. The van der Waals surface area contributed by atoms with Crippen molar-refractivity contribution in [1.29, 1.82) is 0 Å². The molecule has 10 heteroatoms. The summed E-state index contributed by atoms with van der Waals surface area (Å²) in [5.74, 6) is -0.844. The molecule has 0 saturated carbocycles. The lowest BCUT2D eigenvalue weighted by Gasteiger charge is -2.34. The van der Waals surface area contributed by atoms with Crippen molar-refractivity contribution in [2.24, 2.45) is 0 Å². The number of pyridine rings is 1. The lowest BCUT2D eigenvalue weighted by Crippen LogP contribution is -2.42. The molecule has 1 amide bonds. The summed E-state index contributed by atoms with van der Waals surface area (Å²) in [6.07, 6.45) is 5.49. The number of nitrogens with zero attached hydrogens (tertiary/aromatic N) is 5. The van der Waals surface area contributed by atoms with Crippen molar-refractivity contribution in [2.45, 2.75) is 32.7 Å². The minimum Gasteiger partial charge on any atom is -0.370 e. The molecule has 0 bridgehead atoms. The first-order valence-corrected chi connectivity index (χ1v) is 11.5. The van der Waals surface area contributed by atoms with Crippen LogP contribution >= 0.6 is 11.7 Å². The molecular formula is C22H24FN7OS. The molecule has 32 heavy (non-hydrogen) atoms. The first-order chi connectivity index (χ1) is 15.5. The van der Waals surface area contributed by atoms with Gasteiger partial charge >= 0.3 is 0 Å². The molecule has 5 rings (SSSR count). The van der Waals surface area contributed by atoms with Gasteiger partial charge in [-0.15, -0.1) is 0 Å². The first kappa shape index (κ1) is 20.8. The Balaban J connectivity index is 1.40. The van der Waals surface area contributed by atoms with Gasteiger partial charge in [0, 0.05) is 37.6 Å². The summed E-state index contributed by atoms with van der Waals surface area (Å²) in [6, 6.07) is 5.54. The fourth-order valence-electron chi connectivity index (χ4n) is 4.35. The Hall–Kier alpha value is -3.11. The van der Waals surface area contributed by atoms with E-state index in [4.69, 9.17) is 0 Å². The van der Waals surface area contributed by atoms with Gasteiger partial charge in [-0.1, -0.05) is 6.92 Å². The second kappa shape index (κ2) is 8.44. The number of piperidine rings is 1. The summed E-state index contributed by atoms with van der Waals surface area (Å²) in [5, 5.41) is 6.30. The SMILES string of the molecule is CCNC1CCN(c2ccc(C(=O)Nc3cc(F)c4nc(C)cn4c3)c3nsnc23)CC1. The van der Waals surface area contributed by atoms with Gasteiger partial charge in [-0.2, -0.15) is 8.75 Å². The van der Waals surface area contributed by atoms with Crippen LogP contribution in [0.4, 0.5) is 15.8 Å². The number of rotatable bonds is 5. The molecule has 4 aromatic rings. The number of fused-ring (bicyclic) bond motifs is 2. The number of carbonyl (C=O) groups is 1. The van der Waals surface area contributed by atoms with E-state index >= 15 is 0 Å². The highest BCUT2D eigenvalue weighted by atomic mass is 32.1. The Labute approximate surface area is 188 Å². The summed E-state index contributed by atoms with van der Waals surface area (Å²) in [5.41, 5.74) is 4.00. The van der Waals surface area contributed by atoms with Crippen molar-refractivity contribution in [3.8, 4) is 0 Å². The van der Waals surface area contributed by atoms with Crippen molar-refractivity contribution >= 4 is 45.7 Å². The fraction of sp³-hybridized carbons (Fsp3) is 0.364. The van der Waals surface area contributed by atoms with Gasteiger partial charge in [0.2, 0.25) is 0 Å². The van der Waals surface area contributed by atoms with Crippen LogP contribution in [0.3, 0.4) is 0 Å². The van der Waals surface area contributed by atoms with E-state index in [-0.39, 0.29) is 11.6 Å². The molecule has 1 fully saturated rings. The molecule has 0 radical (unpaired) electrons. The summed E-state index contributed by atoms with van der Waals surface area (Å²) in [4.78, 5) is 19.5. The largest absolute Gasteiger partial charge is 0.370 e. The van der Waals surface area contributed by atoms with Crippen LogP contribution in [0.1, 0.15) is 35.8 Å². The number of hydrogen-bond donors (Lipinski definition) is 2. The standard InChI is InChI=1S/C22H24FN7OS/c1-3-24-14-6-8-29(9-7-14)18-5-4-16(19-20(18)28-32-27-19)22(31)26-15-10-17(23)21-25-13(2)11-30(21)12-15/h4-5,10-12,14,24H,3,6-9H2,1-2H3,(H,26,31). The summed E-state index contributed by atoms with van der Waals surface area (Å²) >= 11 is 1.09. The van der Waals surface area contributed by atoms with E-state index in [1.165, 1.54) is 6.07 Å². The number of carbonyl (C=O) groups excluding carboxylic acids is 1. The maximum atomic E-state index is 14.4. The Kier molecular flexibility index (Phi) is 5.48. The zero-order chi connectivity index (χ0) is 22.2. The maximum Gasteiger partial charge on any atom is 0.258 e. The van der Waals surface area contributed by atoms with Gasteiger partial charge in [0.1, 0.15) is 11.0 Å². The monoisotopic (exact) mass is 453 g/mol. The minimum absolute atomic E-state index is 0.230. The normalized spacial score (nSPS) is 15.0. The van der Waals surface area contributed by atoms with Crippen molar-refractivity contribution in [2.75, 3.05) is 29.9 Å². The number of amides is 1. The highest BCUT2D eigenvalue weighted by Crippen LogP contribution is 2.30. The summed E-state index contributed by atoms with van der Waals surface area (Å²) < 4.78 is 24.8. The predicted octanol–water partition coefficient (Wildman–Crippen LogP) is 3.62. The Morgan fingerprint density at radius 1 is 1.22 bits per heavy atom. The van der Waals surface area contributed by atoms with Gasteiger partial charge in [0.25, 0.3) is 5.91 Å². The second-order valence-electron chi connectivity index (χ2n) is 8.06. The molecule has 0 spiro atoms. The number of imidazole rings is 1. The van der Waals surface area contributed by atoms with E-state index in [2.05, 4.69) is 36.2 Å². The molecule has 4 heterocycles. The third kappa shape index (κ3) is 3.80. The highest BCUT2D eigenvalue weighted by molar-refractivity contribution is 7.00. The molecule has 0 aliphatic carbocycles. The van der Waals surface area contributed by atoms with E-state index < -0.39 is 5.82 Å². The molecule has 1 saturated heterocycles. The molecule has 0 unspecified atom stereocenters. The van der Waals surface area contributed by atoms with Crippen molar-refractivity contribution < 1.29 is 9.18 Å². The quantitative estimate of drug-likeness (QED) is 0.480. The highest BCUT2D eigenvalue weighted by Gasteiger charge is 2.23. The van der Waals surface area contributed by atoms with Crippen LogP contribution < -0.4 is 15.5 Å². The van der Waals surface area contributed by atoms with Gasteiger partial charge in [-0.25, -0.2) is 9.37 Å². The van der Waals surface area contributed by atoms with Crippen LogP contribution in [0.15, 0.2) is 30.6 Å². The van der Waals surface area contributed by atoms with Crippen LogP contribution in [0.2, 0.25) is 0 Å². The van der Waals surface area contributed by atoms with Gasteiger partial charge in [-0.3, -0.25) is 4.79 Å². The number of halogens is 1. The van der Waals surface area contributed by atoms with Crippen LogP contribution in [0, 0.1) is 12.7 Å².